The number of aryl methyl sites for hydroxylation is 1. The van der Waals surface area contributed by atoms with Gasteiger partial charge >= 0.3 is 0 Å². The lowest BCUT2D eigenvalue weighted by Crippen LogP contribution is -2.49. The van der Waals surface area contributed by atoms with E-state index in [0.29, 0.717) is 44.5 Å². The van der Waals surface area contributed by atoms with Crippen LogP contribution in [0, 0.1) is 6.92 Å². The number of nitrogens with zero attached hydrogens (tertiary/aromatic N) is 1. The van der Waals surface area contributed by atoms with Crippen LogP contribution in [-0.2, 0) is 15.0 Å². The number of hydrogen-bond acceptors (Lipinski definition) is 3. The molecule has 0 saturated heterocycles. The third kappa shape index (κ3) is 6.94. The number of amides is 3. The maximum absolute atomic E-state index is 13.7. The molecule has 216 valence electrons. The Labute approximate surface area is 244 Å². The topological polar surface area (TPSA) is 78.5 Å². The molecule has 2 N–H and O–H groups in total. The zero-order valence-corrected chi connectivity index (χ0v) is 24.8. The van der Waals surface area contributed by atoms with Gasteiger partial charge in [0.2, 0.25) is 11.8 Å². The Morgan fingerprint density at radius 1 is 0.951 bits per heavy atom. The highest BCUT2D eigenvalue weighted by Crippen LogP contribution is 2.47. The molecule has 3 amide bonds. The molecule has 3 aromatic rings. The van der Waals surface area contributed by atoms with Crippen molar-refractivity contribution in [2.45, 2.75) is 51.4 Å². The summed E-state index contributed by atoms with van der Waals surface area (Å²) in [6.07, 6.45) is 3.40. The summed E-state index contributed by atoms with van der Waals surface area (Å²) in [5.41, 5.74) is 3.41. The normalized spacial score (nSPS) is 17.2. The Kier molecular flexibility index (Phi) is 11.5. The van der Waals surface area contributed by atoms with Crippen molar-refractivity contribution in [2.24, 2.45) is 0 Å². The molecule has 4 rings (SSSR count). The molecule has 3 aromatic carbocycles. The lowest BCUT2D eigenvalue weighted by Gasteiger charge is -2.41. The second-order valence-electron chi connectivity index (χ2n) is 10.1. The van der Waals surface area contributed by atoms with Gasteiger partial charge in [0.05, 0.1) is 11.3 Å². The average Bonchev–Trinajstić information content (AvgIpc) is 3.02. The van der Waals surface area contributed by atoms with Crippen LogP contribution in [-0.4, -0.2) is 49.3 Å². The largest absolute Gasteiger partial charge is 0.352 e. The summed E-state index contributed by atoms with van der Waals surface area (Å²) in [5.74, 6) is -0.488. The Hall–Kier alpha value is -4.19. The Bertz CT molecular complexity index is 1340. The van der Waals surface area contributed by atoms with Crippen molar-refractivity contribution in [2.75, 3.05) is 26.7 Å². The number of likely N-dealkylation sites (N-methyl/N-ethyl adjacent to an activating group) is 1. The zero-order chi connectivity index (χ0) is 29.8. The monoisotopic (exact) mass is 553 g/mol. The van der Waals surface area contributed by atoms with E-state index in [1.807, 2.05) is 107 Å². The van der Waals surface area contributed by atoms with Gasteiger partial charge in [-0.1, -0.05) is 92.7 Å². The molecule has 0 bridgehead atoms. The summed E-state index contributed by atoms with van der Waals surface area (Å²) in [7, 11) is 1.81. The van der Waals surface area contributed by atoms with Crippen LogP contribution < -0.4 is 10.6 Å². The number of carbonyl (C=O) groups is 3. The fourth-order valence-corrected chi connectivity index (χ4v) is 5.62. The first-order chi connectivity index (χ1) is 19.9. The van der Waals surface area contributed by atoms with Crippen molar-refractivity contribution >= 4 is 17.7 Å². The third-order valence-electron chi connectivity index (χ3n) is 7.69. The lowest BCUT2D eigenvalue weighted by molar-refractivity contribution is -0.133. The van der Waals surface area contributed by atoms with Crippen LogP contribution in [0.2, 0.25) is 0 Å². The molecule has 2 atom stereocenters. The maximum atomic E-state index is 13.7. The van der Waals surface area contributed by atoms with Crippen molar-refractivity contribution in [3.05, 3.63) is 119 Å². The number of hydrogen-bond donors (Lipinski definition) is 2. The summed E-state index contributed by atoms with van der Waals surface area (Å²) < 4.78 is 0. The number of rotatable bonds is 10. The first kappa shape index (κ1) is 31.3. The van der Waals surface area contributed by atoms with Gasteiger partial charge in [-0.05, 0) is 54.5 Å². The van der Waals surface area contributed by atoms with Gasteiger partial charge < -0.3 is 15.5 Å². The minimum Gasteiger partial charge on any atom is -0.352 e. The molecule has 6 nitrogen and oxygen atoms in total. The molecule has 0 spiro atoms. The molecule has 1 aliphatic carbocycles. The van der Waals surface area contributed by atoms with Crippen molar-refractivity contribution in [1.29, 1.82) is 0 Å². The second-order valence-corrected chi connectivity index (χ2v) is 10.1. The molecule has 6 heteroatoms. The molecular weight excluding hydrogens is 510 g/mol. The van der Waals surface area contributed by atoms with Gasteiger partial charge in [0.15, 0.2) is 0 Å². The van der Waals surface area contributed by atoms with Crippen LogP contribution in [0.25, 0.3) is 0 Å². The minimum atomic E-state index is -0.879. The van der Waals surface area contributed by atoms with E-state index in [9.17, 15) is 14.4 Å². The predicted molar refractivity (Wildman–Crippen MR) is 166 cm³/mol. The molecular formula is C35H43N3O3. The second kappa shape index (κ2) is 15.0. The van der Waals surface area contributed by atoms with Crippen LogP contribution in [0.3, 0.4) is 0 Å². The number of benzene rings is 3. The molecule has 0 fully saturated rings. The molecule has 0 radical (unpaired) electrons. The molecule has 0 aliphatic heterocycles. The third-order valence-corrected chi connectivity index (χ3v) is 7.69. The first-order valence-corrected chi connectivity index (χ1v) is 14.5. The van der Waals surface area contributed by atoms with E-state index in [1.54, 1.807) is 11.0 Å². The minimum absolute atomic E-state index is 0.0286. The van der Waals surface area contributed by atoms with E-state index in [2.05, 4.69) is 17.2 Å². The van der Waals surface area contributed by atoms with Gasteiger partial charge in [-0.15, -0.1) is 6.58 Å². The van der Waals surface area contributed by atoms with Gasteiger partial charge in [0.25, 0.3) is 5.91 Å². The van der Waals surface area contributed by atoms with E-state index < -0.39 is 5.41 Å². The molecule has 0 aromatic heterocycles. The summed E-state index contributed by atoms with van der Waals surface area (Å²) in [4.78, 5) is 41.6. The van der Waals surface area contributed by atoms with E-state index in [0.717, 1.165) is 22.3 Å². The Morgan fingerprint density at radius 3 is 2.32 bits per heavy atom. The Morgan fingerprint density at radius 2 is 1.61 bits per heavy atom. The summed E-state index contributed by atoms with van der Waals surface area (Å²) in [5, 5.41) is 5.98. The standard InChI is InChI=1S/C33H37N3O3.C2H6/c1-4-21-35-32(39)33(25-14-6-5-7-15-25)20-19-28(27-17-10-11-18-29(27)33)31(38)36(3)23-12-22-34-30(37)26-16-9-8-13-24(26)2;1-2/h4-11,13-18,28H,1,12,19-23H2,2-3H3,(H,34,37)(H,35,39);1-2H3/t28-,33+;/m1./s1. The van der Waals surface area contributed by atoms with Crippen LogP contribution in [0.15, 0.2) is 91.5 Å². The average molecular weight is 554 g/mol. The lowest BCUT2D eigenvalue weighted by atomic mass is 9.62. The molecule has 41 heavy (non-hydrogen) atoms. The predicted octanol–water partition coefficient (Wildman–Crippen LogP) is 5.77. The van der Waals surface area contributed by atoms with Gasteiger partial charge in [-0.3, -0.25) is 14.4 Å². The maximum Gasteiger partial charge on any atom is 0.251 e. The SMILES string of the molecule is C=CCNC(=O)[C@]1(c2ccccc2)CC[C@@H](C(=O)N(C)CCCNC(=O)c2ccccc2C)c2ccccc21.CC. The Balaban J connectivity index is 0.00000226. The summed E-state index contributed by atoms with van der Waals surface area (Å²) >= 11 is 0. The van der Waals surface area contributed by atoms with Crippen molar-refractivity contribution in [3.8, 4) is 0 Å². The van der Waals surface area contributed by atoms with Crippen molar-refractivity contribution in [1.82, 2.24) is 15.5 Å². The van der Waals surface area contributed by atoms with Crippen LogP contribution in [0.1, 0.15) is 71.6 Å². The highest BCUT2D eigenvalue weighted by molar-refractivity contribution is 5.96. The van der Waals surface area contributed by atoms with Crippen LogP contribution in [0.5, 0.6) is 0 Å². The number of nitrogens with one attached hydrogen (secondary N) is 2. The van der Waals surface area contributed by atoms with E-state index in [4.69, 9.17) is 0 Å². The summed E-state index contributed by atoms with van der Waals surface area (Å²) in [6, 6.07) is 25.1. The van der Waals surface area contributed by atoms with Crippen molar-refractivity contribution < 1.29 is 14.4 Å². The van der Waals surface area contributed by atoms with Crippen LogP contribution in [0.4, 0.5) is 0 Å². The molecule has 0 saturated carbocycles. The quantitative estimate of drug-likeness (QED) is 0.247. The molecule has 1 aliphatic rings. The van der Waals surface area contributed by atoms with Crippen molar-refractivity contribution in [3.63, 3.8) is 0 Å². The van der Waals surface area contributed by atoms with E-state index >= 15 is 0 Å². The van der Waals surface area contributed by atoms with Gasteiger partial charge in [-0.2, -0.15) is 0 Å². The fraction of sp³-hybridized carbons (Fsp3) is 0.343. The zero-order valence-electron chi connectivity index (χ0n) is 24.8. The molecule has 0 unspecified atom stereocenters. The van der Waals surface area contributed by atoms with Gasteiger partial charge in [-0.25, -0.2) is 0 Å². The first-order valence-electron chi connectivity index (χ1n) is 14.5. The van der Waals surface area contributed by atoms with E-state index in [1.165, 1.54) is 0 Å². The smallest absolute Gasteiger partial charge is 0.251 e. The summed E-state index contributed by atoms with van der Waals surface area (Å²) in [6.45, 7) is 11.0. The van der Waals surface area contributed by atoms with Gasteiger partial charge in [0, 0.05) is 32.2 Å². The highest BCUT2D eigenvalue weighted by Gasteiger charge is 2.48. The molecule has 0 heterocycles. The van der Waals surface area contributed by atoms with Crippen LogP contribution >= 0.6 is 0 Å². The number of fused-ring (bicyclic) bond motifs is 1. The number of carbonyl (C=O) groups excluding carboxylic acids is 3. The highest BCUT2D eigenvalue weighted by atomic mass is 16.2. The fourth-order valence-electron chi connectivity index (χ4n) is 5.62. The van der Waals surface area contributed by atoms with Gasteiger partial charge in [0.1, 0.15) is 0 Å². The van der Waals surface area contributed by atoms with E-state index in [-0.39, 0.29) is 23.6 Å².